The van der Waals surface area contributed by atoms with Gasteiger partial charge in [0.2, 0.25) is 5.91 Å². The predicted octanol–water partition coefficient (Wildman–Crippen LogP) is 1.65. The molecular formula is C12H13ClN2O3. The summed E-state index contributed by atoms with van der Waals surface area (Å²) in [6.45, 7) is 4.20. The van der Waals surface area contributed by atoms with Gasteiger partial charge in [-0.15, -0.1) is 0 Å². The molecule has 6 heteroatoms. The number of carbonyl (C=O) groups is 2. The highest BCUT2D eigenvalue weighted by molar-refractivity contribution is 6.32. The Balaban J connectivity index is 2.56. The van der Waals surface area contributed by atoms with Gasteiger partial charge in [-0.25, -0.2) is 9.78 Å². The second-order valence-corrected chi connectivity index (χ2v) is 4.67. The Morgan fingerprint density at radius 3 is 2.61 bits per heavy atom. The molecule has 1 aliphatic rings. The second-order valence-electron chi connectivity index (χ2n) is 4.32. The van der Waals surface area contributed by atoms with Crippen LogP contribution in [0.25, 0.3) is 0 Å². The van der Waals surface area contributed by atoms with Gasteiger partial charge in [-0.3, -0.25) is 4.79 Å². The summed E-state index contributed by atoms with van der Waals surface area (Å²) in [6.07, 6.45) is 0.500. The van der Waals surface area contributed by atoms with Gasteiger partial charge in [0, 0.05) is 25.7 Å². The Morgan fingerprint density at radius 2 is 2.06 bits per heavy atom. The second kappa shape index (κ2) is 4.57. The molecule has 0 bridgehead atoms. The smallest absolute Gasteiger partial charge is 0.339 e. The van der Waals surface area contributed by atoms with Crippen LogP contribution >= 0.6 is 11.6 Å². The number of pyridine rings is 1. The summed E-state index contributed by atoms with van der Waals surface area (Å²) in [7, 11) is 0. The Bertz CT molecular complexity index is 543. The predicted molar refractivity (Wildman–Crippen MR) is 65.7 cm³/mol. The van der Waals surface area contributed by atoms with Crippen molar-refractivity contribution in [1.29, 1.82) is 0 Å². The van der Waals surface area contributed by atoms with Gasteiger partial charge in [-0.2, -0.15) is 0 Å². The summed E-state index contributed by atoms with van der Waals surface area (Å²) in [5, 5.41) is 9.21. The highest BCUT2D eigenvalue weighted by atomic mass is 35.5. The van der Waals surface area contributed by atoms with Crippen molar-refractivity contribution in [3.8, 4) is 0 Å². The Kier molecular flexibility index (Phi) is 3.26. The molecule has 96 valence electrons. The summed E-state index contributed by atoms with van der Waals surface area (Å²) in [5.74, 6) is -1.09. The number of amides is 1. The molecule has 0 spiro atoms. The minimum atomic E-state index is -1.07. The standard InChI is InChI=1S/C12H13ClN2O3/c1-6-9-5-15(7(2)16)4-3-8(9)10(12(17)18)11(13)14-6/h3-5H2,1-2H3,(H,17,18). The first-order chi connectivity index (χ1) is 8.41. The molecule has 1 aromatic heterocycles. The minimum Gasteiger partial charge on any atom is -0.478 e. The van der Waals surface area contributed by atoms with E-state index in [9.17, 15) is 14.7 Å². The van der Waals surface area contributed by atoms with Crippen molar-refractivity contribution in [2.75, 3.05) is 6.54 Å². The monoisotopic (exact) mass is 268 g/mol. The van der Waals surface area contributed by atoms with Crippen LogP contribution < -0.4 is 0 Å². The summed E-state index contributed by atoms with van der Waals surface area (Å²) >= 11 is 5.89. The number of nitrogens with zero attached hydrogens (tertiary/aromatic N) is 2. The molecule has 1 amide bonds. The van der Waals surface area contributed by atoms with Gasteiger partial charge < -0.3 is 10.0 Å². The molecule has 0 atom stereocenters. The van der Waals surface area contributed by atoms with Crippen LogP contribution in [-0.4, -0.2) is 33.4 Å². The van der Waals surface area contributed by atoms with E-state index < -0.39 is 5.97 Å². The molecule has 2 rings (SSSR count). The fourth-order valence-corrected chi connectivity index (χ4v) is 2.57. The molecule has 0 radical (unpaired) electrons. The Morgan fingerprint density at radius 1 is 1.39 bits per heavy atom. The lowest BCUT2D eigenvalue weighted by Crippen LogP contribution is -2.35. The van der Waals surface area contributed by atoms with Crippen LogP contribution in [0, 0.1) is 6.92 Å². The van der Waals surface area contributed by atoms with Crippen LogP contribution in [0.4, 0.5) is 0 Å². The zero-order valence-electron chi connectivity index (χ0n) is 10.2. The first kappa shape index (κ1) is 12.8. The number of rotatable bonds is 1. The molecule has 0 aliphatic carbocycles. The van der Waals surface area contributed by atoms with Crippen LogP contribution in [0.5, 0.6) is 0 Å². The van der Waals surface area contributed by atoms with Crippen LogP contribution in [0.1, 0.15) is 34.1 Å². The largest absolute Gasteiger partial charge is 0.478 e. The van der Waals surface area contributed by atoms with Crippen LogP contribution in [0.15, 0.2) is 0 Å². The van der Waals surface area contributed by atoms with Crippen molar-refractivity contribution in [1.82, 2.24) is 9.88 Å². The maximum Gasteiger partial charge on any atom is 0.339 e. The van der Waals surface area contributed by atoms with Crippen LogP contribution in [0.3, 0.4) is 0 Å². The van der Waals surface area contributed by atoms with Crippen molar-refractivity contribution in [2.24, 2.45) is 0 Å². The first-order valence-corrected chi connectivity index (χ1v) is 5.96. The number of hydrogen-bond acceptors (Lipinski definition) is 3. The summed E-state index contributed by atoms with van der Waals surface area (Å²) in [6, 6.07) is 0. The molecule has 1 N–H and O–H groups in total. The third-order valence-corrected chi connectivity index (χ3v) is 3.49. The van der Waals surface area contributed by atoms with Gasteiger partial charge in [0.15, 0.2) is 0 Å². The SMILES string of the molecule is CC(=O)N1CCc2c(c(C)nc(Cl)c2C(=O)O)C1. The van der Waals surface area contributed by atoms with E-state index in [-0.39, 0.29) is 16.6 Å². The number of aromatic nitrogens is 1. The van der Waals surface area contributed by atoms with E-state index in [0.29, 0.717) is 30.8 Å². The zero-order valence-corrected chi connectivity index (χ0v) is 10.9. The first-order valence-electron chi connectivity index (χ1n) is 5.58. The average molecular weight is 269 g/mol. The maximum absolute atomic E-state index is 11.4. The number of aromatic carboxylic acids is 1. The fraction of sp³-hybridized carbons (Fsp3) is 0.417. The Hall–Kier alpha value is -1.62. The Labute approximate surface area is 109 Å². The number of carboxylic acid groups (broad SMARTS) is 1. The molecule has 0 aromatic carbocycles. The molecule has 18 heavy (non-hydrogen) atoms. The van der Waals surface area contributed by atoms with E-state index in [1.165, 1.54) is 6.92 Å². The summed E-state index contributed by atoms with van der Waals surface area (Å²) in [5.41, 5.74) is 2.27. The van der Waals surface area contributed by atoms with Crippen molar-refractivity contribution in [3.05, 3.63) is 27.5 Å². The highest BCUT2D eigenvalue weighted by Crippen LogP contribution is 2.29. The molecule has 0 fully saturated rings. The number of fused-ring (bicyclic) bond motifs is 1. The summed E-state index contributed by atoms with van der Waals surface area (Å²) in [4.78, 5) is 28.3. The average Bonchev–Trinajstić information content (AvgIpc) is 2.27. The lowest BCUT2D eigenvalue weighted by Gasteiger charge is -2.29. The van der Waals surface area contributed by atoms with E-state index in [4.69, 9.17) is 11.6 Å². The van der Waals surface area contributed by atoms with Crippen molar-refractivity contribution < 1.29 is 14.7 Å². The lowest BCUT2D eigenvalue weighted by molar-refractivity contribution is -0.129. The maximum atomic E-state index is 11.4. The molecule has 1 aliphatic heterocycles. The molecular weight excluding hydrogens is 256 g/mol. The van der Waals surface area contributed by atoms with Gasteiger partial charge in [-0.1, -0.05) is 11.6 Å². The van der Waals surface area contributed by atoms with Gasteiger partial charge in [0.1, 0.15) is 10.7 Å². The van der Waals surface area contributed by atoms with Gasteiger partial charge in [0.25, 0.3) is 0 Å². The van der Waals surface area contributed by atoms with E-state index in [0.717, 1.165) is 5.56 Å². The van der Waals surface area contributed by atoms with Crippen LogP contribution in [-0.2, 0) is 17.8 Å². The third-order valence-electron chi connectivity index (χ3n) is 3.21. The molecule has 1 aromatic rings. The number of aryl methyl sites for hydroxylation is 1. The van der Waals surface area contributed by atoms with E-state index >= 15 is 0 Å². The molecule has 0 saturated carbocycles. The van der Waals surface area contributed by atoms with Gasteiger partial charge >= 0.3 is 5.97 Å². The molecule has 0 saturated heterocycles. The fourth-order valence-electron chi connectivity index (χ4n) is 2.25. The van der Waals surface area contributed by atoms with Crippen molar-refractivity contribution in [3.63, 3.8) is 0 Å². The quantitative estimate of drug-likeness (QED) is 0.786. The van der Waals surface area contributed by atoms with E-state index in [1.807, 2.05) is 0 Å². The van der Waals surface area contributed by atoms with Crippen LogP contribution in [0.2, 0.25) is 5.15 Å². The zero-order chi connectivity index (χ0) is 13.4. The highest BCUT2D eigenvalue weighted by Gasteiger charge is 2.27. The molecule has 0 unspecified atom stereocenters. The van der Waals surface area contributed by atoms with Gasteiger partial charge in [0.05, 0.1) is 0 Å². The normalized spacial score (nSPS) is 14.3. The number of halogens is 1. The third kappa shape index (κ3) is 2.06. The molecule has 2 heterocycles. The summed E-state index contributed by atoms with van der Waals surface area (Å²) < 4.78 is 0. The topological polar surface area (TPSA) is 70.5 Å². The van der Waals surface area contributed by atoms with Crippen molar-refractivity contribution >= 4 is 23.5 Å². The number of carboxylic acids is 1. The molecule has 5 nitrogen and oxygen atoms in total. The van der Waals surface area contributed by atoms with Gasteiger partial charge in [-0.05, 0) is 24.5 Å². The van der Waals surface area contributed by atoms with Crippen molar-refractivity contribution in [2.45, 2.75) is 26.8 Å². The van der Waals surface area contributed by atoms with E-state index in [2.05, 4.69) is 4.98 Å². The van der Waals surface area contributed by atoms with E-state index in [1.54, 1.807) is 11.8 Å². The number of carbonyl (C=O) groups excluding carboxylic acids is 1. The minimum absolute atomic E-state index is 0.0214. The number of hydrogen-bond donors (Lipinski definition) is 1. The lowest BCUT2D eigenvalue weighted by atomic mass is 9.94.